The van der Waals surface area contributed by atoms with Gasteiger partial charge in [0.15, 0.2) is 0 Å². The minimum Gasteiger partial charge on any atom is -0.367 e. The van der Waals surface area contributed by atoms with Gasteiger partial charge < -0.3 is 5.73 Å². The van der Waals surface area contributed by atoms with E-state index in [2.05, 4.69) is 10.1 Å². The highest BCUT2D eigenvalue weighted by atomic mass is 19.3. The number of nitrogens with zero attached hydrogens (tertiary/aromatic N) is 3. The van der Waals surface area contributed by atoms with Gasteiger partial charge in [0.25, 0.3) is 5.92 Å². The van der Waals surface area contributed by atoms with Gasteiger partial charge in [0, 0.05) is 5.56 Å². The Balaban J connectivity index is 2.20. The standard InChI is InChI=1S/C10H10F2N4/c11-10(12,8-4-2-1-3-5-8)6-16-7-14-9(13)15-16/h1-5,7H,6H2,(H2,13,15). The number of hydrogen-bond donors (Lipinski definition) is 1. The summed E-state index contributed by atoms with van der Waals surface area (Å²) in [5, 5.41) is 3.62. The molecule has 0 saturated carbocycles. The summed E-state index contributed by atoms with van der Waals surface area (Å²) in [5.74, 6) is -3.00. The predicted molar refractivity (Wildman–Crippen MR) is 54.8 cm³/mol. The lowest BCUT2D eigenvalue weighted by Crippen LogP contribution is -2.21. The first-order chi connectivity index (χ1) is 7.58. The molecule has 1 aromatic carbocycles. The molecular weight excluding hydrogens is 214 g/mol. The van der Waals surface area contributed by atoms with Crippen LogP contribution in [0.5, 0.6) is 0 Å². The molecule has 0 amide bonds. The van der Waals surface area contributed by atoms with Crippen LogP contribution in [0, 0.1) is 0 Å². The van der Waals surface area contributed by atoms with Crippen molar-refractivity contribution in [3.8, 4) is 0 Å². The molecule has 1 aromatic heterocycles. The molecule has 2 N–H and O–H groups in total. The summed E-state index contributed by atoms with van der Waals surface area (Å²) < 4.78 is 28.5. The van der Waals surface area contributed by atoms with E-state index in [9.17, 15) is 8.78 Å². The number of nitrogen functional groups attached to an aromatic ring is 1. The molecule has 0 aliphatic heterocycles. The molecule has 1 heterocycles. The molecule has 0 atom stereocenters. The van der Waals surface area contributed by atoms with E-state index in [1.807, 2.05) is 0 Å². The number of nitrogens with two attached hydrogens (primary N) is 1. The van der Waals surface area contributed by atoms with Crippen LogP contribution in [0.2, 0.25) is 0 Å². The maximum atomic E-state index is 13.7. The first kappa shape index (κ1) is 10.5. The Labute approximate surface area is 90.7 Å². The van der Waals surface area contributed by atoms with Crippen LogP contribution < -0.4 is 5.73 Å². The SMILES string of the molecule is Nc1ncn(CC(F)(F)c2ccccc2)n1. The van der Waals surface area contributed by atoms with Crippen LogP contribution in [-0.2, 0) is 12.5 Å². The van der Waals surface area contributed by atoms with E-state index in [1.54, 1.807) is 18.2 Å². The van der Waals surface area contributed by atoms with Crippen LogP contribution in [0.3, 0.4) is 0 Å². The van der Waals surface area contributed by atoms with E-state index in [0.717, 1.165) is 4.68 Å². The molecule has 0 aliphatic carbocycles. The van der Waals surface area contributed by atoms with Gasteiger partial charge in [-0.25, -0.2) is 9.67 Å². The Bertz CT molecular complexity index is 467. The molecule has 0 spiro atoms. The van der Waals surface area contributed by atoms with Crippen LogP contribution in [0.1, 0.15) is 5.56 Å². The van der Waals surface area contributed by atoms with E-state index in [-0.39, 0.29) is 11.5 Å². The average molecular weight is 224 g/mol. The maximum absolute atomic E-state index is 13.7. The summed E-state index contributed by atoms with van der Waals surface area (Å²) in [6, 6.07) is 7.57. The molecule has 0 unspecified atom stereocenters. The second-order valence-electron chi connectivity index (χ2n) is 3.37. The summed E-state index contributed by atoms with van der Waals surface area (Å²) in [5.41, 5.74) is 5.20. The number of benzene rings is 1. The lowest BCUT2D eigenvalue weighted by atomic mass is 10.1. The number of hydrogen-bond acceptors (Lipinski definition) is 3. The fraction of sp³-hybridized carbons (Fsp3) is 0.200. The quantitative estimate of drug-likeness (QED) is 0.862. The van der Waals surface area contributed by atoms with Crippen molar-refractivity contribution in [2.75, 3.05) is 5.73 Å². The molecule has 4 nitrogen and oxygen atoms in total. The Morgan fingerprint density at radius 2 is 1.94 bits per heavy atom. The Morgan fingerprint density at radius 1 is 1.25 bits per heavy atom. The molecule has 0 bridgehead atoms. The van der Waals surface area contributed by atoms with Crippen molar-refractivity contribution in [1.29, 1.82) is 0 Å². The number of halogens is 2. The number of alkyl halides is 2. The monoisotopic (exact) mass is 224 g/mol. The van der Waals surface area contributed by atoms with Crippen molar-refractivity contribution < 1.29 is 8.78 Å². The first-order valence-corrected chi connectivity index (χ1v) is 4.66. The molecule has 16 heavy (non-hydrogen) atoms. The summed E-state index contributed by atoms with van der Waals surface area (Å²) in [4.78, 5) is 3.59. The van der Waals surface area contributed by atoms with Gasteiger partial charge in [0.2, 0.25) is 5.95 Å². The average Bonchev–Trinajstić information content (AvgIpc) is 2.64. The Hall–Kier alpha value is -1.98. The molecule has 0 aliphatic rings. The van der Waals surface area contributed by atoms with Crippen molar-refractivity contribution in [2.24, 2.45) is 0 Å². The Kier molecular flexibility index (Phi) is 2.55. The zero-order valence-electron chi connectivity index (χ0n) is 8.35. The van der Waals surface area contributed by atoms with E-state index in [0.29, 0.717) is 0 Å². The molecule has 84 valence electrons. The molecule has 0 radical (unpaired) electrons. The van der Waals surface area contributed by atoms with Crippen LogP contribution in [-0.4, -0.2) is 14.8 Å². The van der Waals surface area contributed by atoms with Gasteiger partial charge in [0.1, 0.15) is 12.9 Å². The van der Waals surface area contributed by atoms with Gasteiger partial charge in [-0.2, -0.15) is 8.78 Å². The second kappa shape index (κ2) is 3.88. The van der Waals surface area contributed by atoms with Crippen molar-refractivity contribution in [1.82, 2.24) is 14.8 Å². The second-order valence-corrected chi connectivity index (χ2v) is 3.37. The summed E-state index contributed by atoms with van der Waals surface area (Å²) in [7, 11) is 0. The third kappa shape index (κ3) is 2.16. The lowest BCUT2D eigenvalue weighted by molar-refractivity contribution is -0.0254. The minimum atomic E-state index is -2.98. The molecule has 2 rings (SSSR count). The molecule has 6 heteroatoms. The van der Waals surface area contributed by atoms with Gasteiger partial charge in [0.05, 0.1) is 0 Å². The highest BCUT2D eigenvalue weighted by molar-refractivity contribution is 5.20. The molecular formula is C10H10F2N4. The lowest BCUT2D eigenvalue weighted by Gasteiger charge is -2.15. The van der Waals surface area contributed by atoms with E-state index in [4.69, 9.17) is 5.73 Å². The Morgan fingerprint density at radius 3 is 2.50 bits per heavy atom. The topological polar surface area (TPSA) is 56.7 Å². The first-order valence-electron chi connectivity index (χ1n) is 4.66. The van der Waals surface area contributed by atoms with Gasteiger partial charge in [-0.15, -0.1) is 5.10 Å². The van der Waals surface area contributed by atoms with Gasteiger partial charge in [-0.3, -0.25) is 0 Å². The third-order valence-electron chi connectivity index (χ3n) is 2.11. The van der Waals surface area contributed by atoms with E-state index < -0.39 is 12.5 Å². The fourth-order valence-corrected chi connectivity index (χ4v) is 1.36. The maximum Gasteiger partial charge on any atom is 0.292 e. The van der Waals surface area contributed by atoms with Crippen molar-refractivity contribution >= 4 is 5.95 Å². The normalized spacial score (nSPS) is 11.6. The number of rotatable bonds is 3. The van der Waals surface area contributed by atoms with Crippen LogP contribution in [0.4, 0.5) is 14.7 Å². The summed E-state index contributed by atoms with van der Waals surface area (Å²) >= 11 is 0. The van der Waals surface area contributed by atoms with Gasteiger partial charge >= 0.3 is 0 Å². The zero-order valence-corrected chi connectivity index (χ0v) is 8.35. The molecule has 0 fully saturated rings. The van der Waals surface area contributed by atoms with Crippen LogP contribution >= 0.6 is 0 Å². The minimum absolute atomic E-state index is 0.0103. The van der Waals surface area contributed by atoms with Gasteiger partial charge in [-0.1, -0.05) is 30.3 Å². The van der Waals surface area contributed by atoms with Crippen molar-refractivity contribution in [3.05, 3.63) is 42.2 Å². The largest absolute Gasteiger partial charge is 0.367 e. The predicted octanol–water partition coefficient (Wildman–Crippen LogP) is 1.65. The number of anilines is 1. The highest BCUT2D eigenvalue weighted by Gasteiger charge is 2.32. The smallest absolute Gasteiger partial charge is 0.292 e. The third-order valence-corrected chi connectivity index (χ3v) is 2.11. The van der Waals surface area contributed by atoms with Crippen LogP contribution in [0.15, 0.2) is 36.7 Å². The zero-order chi connectivity index (χ0) is 11.6. The fourth-order valence-electron chi connectivity index (χ4n) is 1.36. The van der Waals surface area contributed by atoms with Gasteiger partial charge in [-0.05, 0) is 0 Å². The van der Waals surface area contributed by atoms with Crippen molar-refractivity contribution in [3.63, 3.8) is 0 Å². The van der Waals surface area contributed by atoms with E-state index >= 15 is 0 Å². The van der Waals surface area contributed by atoms with E-state index in [1.165, 1.54) is 18.5 Å². The summed E-state index contributed by atoms with van der Waals surface area (Å²) in [6.07, 6.45) is 1.19. The molecule has 0 saturated heterocycles. The number of aromatic nitrogens is 3. The molecule has 2 aromatic rings. The van der Waals surface area contributed by atoms with Crippen LogP contribution in [0.25, 0.3) is 0 Å². The summed E-state index contributed by atoms with van der Waals surface area (Å²) in [6.45, 7) is -0.568. The van der Waals surface area contributed by atoms with Crippen molar-refractivity contribution in [2.45, 2.75) is 12.5 Å². The highest BCUT2D eigenvalue weighted by Crippen LogP contribution is 2.29.